The van der Waals surface area contributed by atoms with E-state index in [4.69, 9.17) is 0 Å². The van der Waals surface area contributed by atoms with E-state index < -0.39 is 17.2 Å². The second-order valence-electron chi connectivity index (χ2n) is 5.42. The van der Waals surface area contributed by atoms with Crippen molar-refractivity contribution in [1.82, 2.24) is 5.32 Å². The highest BCUT2D eigenvalue weighted by atomic mass is 19.1. The first kappa shape index (κ1) is 14.4. The lowest BCUT2D eigenvalue weighted by molar-refractivity contribution is -0.0143. The van der Waals surface area contributed by atoms with Gasteiger partial charge in [-0.05, 0) is 50.8 Å². The van der Waals surface area contributed by atoms with Crippen molar-refractivity contribution >= 4 is 0 Å². The third-order valence-corrected chi connectivity index (χ3v) is 4.06. The van der Waals surface area contributed by atoms with Gasteiger partial charge in [-0.25, -0.2) is 8.78 Å². The zero-order valence-electron chi connectivity index (χ0n) is 11.5. The van der Waals surface area contributed by atoms with Crippen LogP contribution in [0.2, 0.25) is 0 Å². The average Bonchev–Trinajstić information content (AvgIpc) is 2.38. The fraction of sp³-hybridized carbons (Fsp3) is 0.600. The summed E-state index contributed by atoms with van der Waals surface area (Å²) in [5.74, 6) is -1.25. The zero-order valence-corrected chi connectivity index (χ0v) is 11.5. The number of aliphatic hydroxyl groups is 1. The highest BCUT2D eigenvalue weighted by molar-refractivity contribution is 5.32. The molecule has 4 heteroatoms. The molecule has 19 heavy (non-hydrogen) atoms. The lowest BCUT2D eigenvalue weighted by Crippen LogP contribution is -2.40. The molecule has 1 aliphatic rings. The molecule has 2 N–H and O–H groups in total. The molecule has 0 aromatic heterocycles. The molecule has 0 heterocycles. The number of rotatable bonds is 3. The third kappa shape index (κ3) is 2.79. The van der Waals surface area contributed by atoms with Crippen LogP contribution in [0, 0.1) is 18.6 Å². The van der Waals surface area contributed by atoms with E-state index in [1.165, 1.54) is 12.1 Å². The van der Waals surface area contributed by atoms with Crippen LogP contribution in [0.25, 0.3) is 0 Å². The fourth-order valence-electron chi connectivity index (χ4n) is 2.92. The second-order valence-corrected chi connectivity index (χ2v) is 5.42. The lowest BCUT2D eigenvalue weighted by Gasteiger charge is -2.37. The van der Waals surface area contributed by atoms with Crippen molar-refractivity contribution in [2.75, 3.05) is 6.54 Å². The molecular formula is C15H21F2NO. The monoisotopic (exact) mass is 269 g/mol. The SMILES string of the molecule is CCNC1CCC(O)(c2c(F)ccc(C)c2F)CC1. The van der Waals surface area contributed by atoms with Gasteiger partial charge in [0.2, 0.25) is 0 Å². The van der Waals surface area contributed by atoms with Crippen molar-refractivity contribution in [1.29, 1.82) is 0 Å². The minimum Gasteiger partial charge on any atom is -0.385 e. The summed E-state index contributed by atoms with van der Waals surface area (Å²) in [6.07, 6.45) is 2.25. The van der Waals surface area contributed by atoms with Gasteiger partial charge in [-0.1, -0.05) is 13.0 Å². The summed E-state index contributed by atoms with van der Waals surface area (Å²) in [6, 6.07) is 2.98. The Morgan fingerprint density at radius 2 is 1.95 bits per heavy atom. The summed E-state index contributed by atoms with van der Waals surface area (Å²) in [6.45, 7) is 4.49. The number of hydrogen-bond acceptors (Lipinski definition) is 2. The Labute approximate surface area is 112 Å². The van der Waals surface area contributed by atoms with E-state index in [1.54, 1.807) is 6.92 Å². The smallest absolute Gasteiger partial charge is 0.135 e. The highest BCUT2D eigenvalue weighted by Crippen LogP contribution is 2.40. The normalized spacial score (nSPS) is 27.5. The van der Waals surface area contributed by atoms with Crippen molar-refractivity contribution < 1.29 is 13.9 Å². The quantitative estimate of drug-likeness (QED) is 0.884. The molecule has 0 amide bonds. The fourth-order valence-corrected chi connectivity index (χ4v) is 2.92. The predicted octanol–water partition coefficient (Wildman–Crippen LogP) is 3.01. The molecule has 1 aromatic rings. The van der Waals surface area contributed by atoms with Gasteiger partial charge in [0, 0.05) is 6.04 Å². The summed E-state index contributed by atoms with van der Waals surface area (Å²) in [5.41, 5.74) is -1.15. The maximum Gasteiger partial charge on any atom is 0.135 e. The summed E-state index contributed by atoms with van der Waals surface area (Å²) in [5, 5.41) is 13.9. The van der Waals surface area contributed by atoms with E-state index in [-0.39, 0.29) is 5.56 Å². The summed E-state index contributed by atoms with van der Waals surface area (Å²) < 4.78 is 28.0. The molecule has 0 aliphatic heterocycles. The van der Waals surface area contributed by atoms with E-state index in [0.29, 0.717) is 24.4 Å². The number of halogens is 2. The number of hydrogen-bond donors (Lipinski definition) is 2. The molecule has 0 bridgehead atoms. The van der Waals surface area contributed by atoms with Crippen LogP contribution in [0.5, 0.6) is 0 Å². The van der Waals surface area contributed by atoms with Gasteiger partial charge < -0.3 is 10.4 Å². The molecule has 0 spiro atoms. The van der Waals surface area contributed by atoms with Gasteiger partial charge in [0.1, 0.15) is 11.6 Å². The van der Waals surface area contributed by atoms with E-state index in [0.717, 1.165) is 19.4 Å². The van der Waals surface area contributed by atoms with Gasteiger partial charge in [-0.2, -0.15) is 0 Å². The van der Waals surface area contributed by atoms with Gasteiger partial charge in [0.05, 0.1) is 11.2 Å². The van der Waals surface area contributed by atoms with Crippen LogP contribution in [-0.2, 0) is 5.60 Å². The lowest BCUT2D eigenvalue weighted by atomic mass is 9.77. The first-order chi connectivity index (χ1) is 8.98. The maximum absolute atomic E-state index is 14.1. The van der Waals surface area contributed by atoms with Gasteiger partial charge in [-0.15, -0.1) is 0 Å². The predicted molar refractivity (Wildman–Crippen MR) is 70.9 cm³/mol. The highest BCUT2D eigenvalue weighted by Gasteiger charge is 2.39. The molecule has 0 radical (unpaired) electrons. The number of aryl methyl sites for hydroxylation is 1. The van der Waals surface area contributed by atoms with Crippen molar-refractivity contribution in [3.8, 4) is 0 Å². The summed E-state index contributed by atoms with van der Waals surface area (Å²) in [7, 11) is 0. The van der Waals surface area contributed by atoms with Gasteiger partial charge in [0.25, 0.3) is 0 Å². The standard InChI is InChI=1S/C15H21F2NO/c1-3-18-11-6-8-15(19,9-7-11)13-12(16)5-4-10(2)14(13)17/h4-5,11,18-19H,3,6-9H2,1-2H3. The Morgan fingerprint density at radius 3 is 2.53 bits per heavy atom. The van der Waals surface area contributed by atoms with Crippen LogP contribution in [0.1, 0.15) is 43.7 Å². The Morgan fingerprint density at radius 1 is 1.32 bits per heavy atom. The first-order valence-corrected chi connectivity index (χ1v) is 6.89. The molecule has 0 unspecified atom stereocenters. The Bertz CT molecular complexity index is 454. The molecule has 1 saturated carbocycles. The molecule has 0 saturated heterocycles. The van der Waals surface area contributed by atoms with Crippen LogP contribution in [0.3, 0.4) is 0 Å². The number of benzene rings is 1. The average molecular weight is 269 g/mol. The van der Waals surface area contributed by atoms with Gasteiger partial charge in [0.15, 0.2) is 0 Å². The molecule has 2 rings (SSSR count). The van der Waals surface area contributed by atoms with Crippen molar-refractivity contribution in [2.24, 2.45) is 0 Å². The first-order valence-electron chi connectivity index (χ1n) is 6.89. The van der Waals surface area contributed by atoms with Gasteiger partial charge >= 0.3 is 0 Å². The van der Waals surface area contributed by atoms with Crippen LogP contribution in [0.4, 0.5) is 8.78 Å². The second kappa shape index (κ2) is 5.55. The Hall–Kier alpha value is -1.00. The zero-order chi connectivity index (χ0) is 14.0. The van der Waals surface area contributed by atoms with E-state index >= 15 is 0 Å². The minimum absolute atomic E-state index is 0.151. The molecule has 1 aliphatic carbocycles. The van der Waals surface area contributed by atoms with Gasteiger partial charge in [-0.3, -0.25) is 0 Å². The molecule has 1 aromatic carbocycles. The third-order valence-electron chi connectivity index (χ3n) is 4.06. The summed E-state index contributed by atoms with van der Waals surface area (Å²) >= 11 is 0. The van der Waals surface area contributed by atoms with Crippen molar-refractivity contribution in [3.63, 3.8) is 0 Å². The minimum atomic E-state index is -1.37. The largest absolute Gasteiger partial charge is 0.385 e. The van der Waals surface area contributed by atoms with E-state index in [1.807, 2.05) is 6.92 Å². The van der Waals surface area contributed by atoms with Crippen molar-refractivity contribution in [3.05, 3.63) is 34.9 Å². The molecular weight excluding hydrogens is 248 g/mol. The van der Waals surface area contributed by atoms with Crippen LogP contribution < -0.4 is 5.32 Å². The van der Waals surface area contributed by atoms with E-state index in [2.05, 4.69) is 5.32 Å². The van der Waals surface area contributed by atoms with Crippen LogP contribution in [0.15, 0.2) is 12.1 Å². The molecule has 1 fully saturated rings. The topological polar surface area (TPSA) is 32.3 Å². The molecule has 106 valence electrons. The maximum atomic E-state index is 14.1. The summed E-state index contributed by atoms with van der Waals surface area (Å²) in [4.78, 5) is 0. The van der Waals surface area contributed by atoms with Crippen molar-refractivity contribution in [2.45, 2.75) is 51.2 Å². The molecule has 2 nitrogen and oxygen atoms in total. The van der Waals surface area contributed by atoms with Crippen LogP contribution >= 0.6 is 0 Å². The Kier molecular flexibility index (Phi) is 4.21. The van der Waals surface area contributed by atoms with E-state index in [9.17, 15) is 13.9 Å². The molecule has 0 atom stereocenters. The number of nitrogens with one attached hydrogen (secondary N) is 1. The Balaban J connectivity index is 2.25. The van der Waals surface area contributed by atoms with Crippen LogP contribution in [-0.4, -0.2) is 17.7 Å².